The second kappa shape index (κ2) is 5.24. The molecule has 4 rings (SSSR count). The summed E-state index contributed by atoms with van der Waals surface area (Å²) in [7, 11) is 1.26. The fourth-order valence-corrected chi connectivity index (χ4v) is 3.18. The van der Waals surface area contributed by atoms with E-state index in [9.17, 15) is 19.2 Å². The summed E-state index contributed by atoms with van der Waals surface area (Å²) < 4.78 is 0. The lowest BCUT2D eigenvalue weighted by molar-refractivity contribution is -0.129. The van der Waals surface area contributed by atoms with Crippen molar-refractivity contribution in [2.45, 2.75) is 0 Å². The number of hydrogen-bond donors (Lipinski definition) is 1. The predicted molar refractivity (Wildman–Crippen MR) is 89.4 cm³/mol. The highest BCUT2D eigenvalue weighted by atomic mass is 16.2. The molecule has 6 nitrogen and oxygen atoms in total. The number of rotatable bonds is 0. The van der Waals surface area contributed by atoms with Crippen LogP contribution in [0.3, 0.4) is 0 Å². The van der Waals surface area contributed by atoms with Crippen molar-refractivity contribution in [1.82, 2.24) is 10.2 Å². The molecule has 0 radical (unpaired) electrons. The minimum Gasteiger partial charge on any atom is -0.289 e. The number of urea groups is 1. The van der Waals surface area contributed by atoms with Crippen molar-refractivity contribution < 1.29 is 19.2 Å². The molecular weight excluding hydrogens is 320 g/mol. The van der Waals surface area contributed by atoms with E-state index in [4.69, 9.17) is 0 Å². The van der Waals surface area contributed by atoms with Crippen LogP contribution in [-0.2, 0) is 9.59 Å². The van der Waals surface area contributed by atoms with Crippen LogP contribution in [0.4, 0.5) is 4.79 Å². The molecule has 1 saturated heterocycles. The number of fused-ring (bicyclic) bond motifs is 3. The normalized spacial score (nSPS) is 19.5. The van der Waals surface area contributed by atoms with Crippen LogP contribution in [-0.4, -0.2) is 35.6 Å². The smallest absolute Gasteiger partial charge is 0.289 e. The summed E-state index contributed by atoms with van der Waals surface area (Å²) in [5, 5.41) is 2.10. The summed E-state index contributed by atoms with van der Waals surface area (Å²) in [6, 6.07) is 13.3. The number of nitrogens with one attached hydrogen (secondary N) is 1. The Hall–Kier alpha value is -3.54. The Balaban J connectivity index is 2.06. The Kier molecular flexibility index (Phi) is 3.15. The van der Waals surface area contributed by atoms with Crippen LogP contribution in [0.2, 0.25) is 0 Å². The molecule has 0 bridgehead atoms. The summed E-state index contributed by atoms with van der Waals surface area (Å²) in [6.07, 6.45) is 0. The number of Topliss-reactive ketones (excluding diaryl/α,β-unsaturated/α-hetero) is 1. The van der Waals surface area contributed by atoms with E-state index in [1.165, 1.54) is 7.05 Å². The van der Waals surface area contributed by atoms with Gasteiger partial charge >= 0.3 is 6.03 Å². The molecule has 25 heavy (non-hydrogen) atoms. The second-order valence-corrected chi connectivity index (χ2v) is 5.79. The summed E-state index contributed by atoms with van der Waals surface area (Å²) in [6.45, 7) is 0. The van der Waals surface area contributed by atoms with Crippen LogP contribution in [0, 0.1) is 0 Å². The van der Waals surface area contributed by atoms with Crippen molar-refractivity contribution in [3.8, 4) is 11.1 Å². The van der Waals surface area contributed by atoms with Gasteiger partial charge in [0, 0.05) is 18.2 Å². The predicted octanol–water partition coefficient (Wildman–Crippen LogP) is 2.01. The van der Waals surface area contributed by atoms with Gasteiger partial charge in [0.1, 0.15) is 5.57 Å². The van der Waals surface area contributed by atoms with Crippen molar-refractivity contribution in [2.24, 2.45) is 0 Å². The molecule has 2 aromatic carbocycles. The van der Waals surface area contributed by atoms with E-state index in [0.29, 0.717) is 11.1 Å². The Labute approximate surface area is 142 Å². The third-order valence-electron chi connectivity index (χ3n) is 4.41. The average Bonchev–Trinajstić information content (AvgIpc) is 2.62. The Morgan fingerprint density at radius 1 is 0.720 bits per heavy atom. The molecule has 4 amide bonds. The first kappa shape index (κ1) is 15.0. The van der Waals surface area contributed by atoms with Gasteiger partial charge in [-0.05, 0) is 16.7 Å². The van der Waals surface area contributed by atoms with E-state index < -0.39 is 23.6 Å². The number of carbonyl (C=O) groups is 4. The van der Waals surface area contributed by atoms with Gasteiger partial charge in [0.25, 0.3) is 11.8 Å². The van der Waals surface area contributed by atoms with Crippen LogP contribution in [0.15, 0.2) is 54.1 Å². The summed E-state index contributed by atoms with van der Waals surface area (Å²) in [5.41, 5.74) is 2.16. The zero-order valence-corrected chi connectivity index (χ0v) is 13.2. The Morgan fingerprint density at radius 3 is 1.88 bits per heavy atom. The zero-order chi connectivity index (χ0) is 17.7. The lowest BCUT2D eigenvalue weighted by atomic mass is 9.79. The monoisotopic (exact) mass is 332 g/mol. The van der Waals surface area contributed by atoms with Gasteiger partial charge in [-0.15, -0.1) is 0 Å². The van der Waals surface area contributed by atoms with Crippen LogP contribution in [0.1, 0.15) is 15.9 Å². The van der Waals surface area contributed by atoms with Gasteiger partial charge in [0.15, 0.2) is 5.78 Å². The van der Waals surface area contributed by atoms with Crippen LogP contribution < -0.4 is 5.32 Å². The van der Waals surface area contributed by atoms with Crippen molar-refractivity contribution in [2.75, 3.05) is 7.05 Å². The van der Waals surface area contributed by atoms with Crippen LogP contribution in [0.25, 0.3) is 16.7 Å². The molecule has 0 unspecified atom stereocenters. The van der Waals surface area contributed by atoms with Gasteiger partial charge in [0.05, 0.1) is 0 Å². The highest BCUT2D eigenvalue weighted by Gasteiger charge is 2.40. The van der Waals surface area contributed by atoms with E-state index in [1.54, 1.807) is 24.3 Å². The van der Waals surface area contributed by atoms with Crippen LogP contribution >= 0.6 is 0 Å². The van der Waals surface area contributed by atoms with Crippen molar-refractivity contribution in [3.05, 3.63) is 65.2 Å². The molecule has 1 fully saturated rings. The molecule has 0 aromatic heterocycles. The fraction of sp³-hybridized carbons (Fsp3) is 0.0526. The van der Waals surface area contributed by atoms with E-state index in [1.807, 2.05) is 24.3 Å². The summed E-state index contributed by atoms with van der Waals surface area (Å²) in [5.74, 6) is -2.05. The maximum absolute atomic E-state index is 13.1. The number of imide groups is 2. The average molecular weight is 332 g/mol. The SMILES string of the molecule is CN1C(=O)NC(=O)C(=C2C(=O)c3ccccc3-c3ccccc32)C1=O. The quantitative estimate of drug-likeness (QED) is 0.591. The summed E-state index contributed by atoms with van der Waals surface area (Å²) >= 11 is 0. The van der Waals surface area contributed by atoms with Crippen molar-refractivity contribution in [1.29, 1.82) is 0 Å². The van der Waals surface area contributed by atoms with E-state index in [-0.39, 0.29) is 11.1 Å². The number of amides is 4. The minimum atomic E-state index is -0.856. The third-order valence-corrected chi connectivity index (χ3v) is 4.41. The fourth-order valence-electron chi connectivity index (χ4n) is 3.18. The Bertz CT molecular complexity index is 1020. The minimum absolute atomic E-state index is 0.0242. The maximum Gasteiger partial charge on any atom is 0.331 e. The highest BCUT2D eigenvalue weighted by molar-refractivity contribution is 6.45. The van der Waals surface area contributed by atoms with Crippen LogP contribution in [0.5, 0.6) is 0 Å². The molecule has 0 spiro atoms. The standard InChI is InChI=1S/C19H12N2O4/c1-21-18(24)15(17(23)20-19(21)25)14-12-8-4-2-6-10(12)11-7-3-5-9-13(11)16(14)22/h2-9H,1H3,(H,20,23,25). The van der Waals surface area contributed by atoms with E-state index in [0.717, 1.165) is 16.0 Å². The van der Waals surface area contributed by atoms with E-state index >= 15 is 0 Å². The van der Waals surface area contributed by atoms with Gasteiger partial charge in [-0.2, -0.15) is 0 Å². The van der Waals surface area contributed by atoms with Gasteiger partial charge < -0.3 is 0 Å². The number of ketones is 1. The molecule has 122 valence electrons. The molecule has 6 heteroatoms. The molecule has 1 aliphatic heterocycles. The molecule has 2 aromatic rings. The number of nitrogens with zero attached hydrogens (tertiary/aromatic N) is 1. The molecule has 0 atom stereocenters. The molecular formula is C19H12N2O4. The number of barbiturate groups is 1. The van der Waals surface area contributed by atoms with Crippen molar-refractivity contribution in [3.63, 3.8) is 0 Å². The molecule has 2 aliphatic rings. The van der Waals surface area contributed by atoms with E-state index in [2.05, 4.69) is 5.32 Å². The summed E-state index contributed by atoms with van der Waals surface area (Å²) in [4.78, 5) is 50.4. The maximum atomic E-state index is 13.1. The lowest BCUT2D eigenvalue weighted by Crippen LogP contribution is -2.53. The molecule has 0 saturated carbocycles. The van der Waals surface area contributed by atoms with Gasteiger partial charge in [-0.25, -0.2) is 4.79 Å². The first-order chi connectivity index (χ1) is 12.0. The number of likely N-dealkylation sites (N-methyl/N-ethyl adjacent to an activating group) is 1. The first-order valence-corrected chi connectivity index (χ1v) is 7.62. The topological polar surface area (TPSA) is 83.6 Å². The highest BCUT2D eigenvalue weighted by Crippen LogP contribution is 2.40. The lowest BCUT2D eigenvalue weighted by Gasteiger charge is -2.27. The largest absolute Gasteiger partial charge is 0.331 e. The Morgan fingerprint density at radius 2 is 1.24 bits per heavy atom. The number of carbonyl (C=O) groups excluding carboxylic acids is 4. The van der Waals surface area contributed by atoms with Gasteiger partial charge in [-0.3, -0.25) is 24.6 Å². The third kappa shape index (κ3) is 2.04. The number of allylic oxidation sites excluding steroid dienone is 1. The van der Waals surface area contributed by atoms with Gasteiger partial charge in [-0.1, -0.05) is 48.5 Å². The second-order valence-electron chi connectivity index (χ2n) is 5.79. The molecule has 1 aliphatic carbocycles. The van der Waals surface area contributed by atoms with Crippen molar-refractivity contribution >= 4 is 29.2 Å². The zero-order valence-electron chi connectivity index (χ0n) is 13.2. The number of hydrogen-bond acceptors (Lipinski definition) is 4. The van der Waals surface area contributed by atoms with Gasteiger partial charge in [0.2, 0.25) is 0 Å². The molecule has 1 N–H and O–H groups in total. The first-order valence-electron chi connectivity index (χ1n) is 7.62. The number of benzene rings is 2. The molecule has 1 heterocycles.